The number of aliphatic hydroxyl groups is 1. The van der Waals surface area contributed by atoms with Crippen LogP contribution < -0.4 is 0 Å². The Kier molecular flexibility index (Phi) is 2.85. The van der Waals surface area contributed by atoms with Crippen molar-refractivity contribution < 1.29 is 9.84 Å². The molecule has 1 rings (SSSR count). The first-order valence-corrected chi connectivity index (χ1v) is 3.89. The molecule has 0 radical (unpaired) electrons. The van der Waals surface area contributed by atoms with Crippen molar-refractivity contribution in [3.05, 3.63) is 24.3 Å². The summed E-state index contributed by atoms with van der Waals surface area (Å²) in [6, 6.07) is 0. The second-order valence-corrected chi connectivity index (χ2v) is 2.75. The van der Waals surface area contributed by atoms with Gasteiger partial charge >= 0.3 is 0 Å². The van der Waals surface area contributed by atoms with Crippen molar-refractivity contribution in [2.45, 2.75) is 6.92 Å². The summed E-state index contributed by atoms with van der Waals surface area (Å²) in [5.74, 6) is 0. The van der Waals surface area contributed by atoms with Gasteiger partial charge in [-0.2, -0.15) is 0 Å². The summed E-state index contributed by atoms with van der Waals surface area (Å²) in [7, 11) is 0. The topological polar surface area (TPSA) is 29.5 Å². The monoisotopic (exact) mass is 154 g/mol. The third-order valence-corrected chi connectivity index (χ3v) is 1.84. The molecule has 0 aliphatic heterocycles. The number of hydrogen-bond acceptors (Lipinski definition) is 2. The van der Waals surface area contributed by atoms with Crippen LogP contribution in [0.4, 0.5) is 0 Å². The quantitative estimate of drug-likeness (QED) is 0.657. The van der Waals surface area contributed by atoms with Gasteiger partial charge in [0.1, 0.15) is 0 Å². The highest BCUT2D eigenvalue weighted by atomic mass is 16.5. The number of rotatable bonds is 4. The van der Waals surface area contributed by atoms with Crippen molar-refractivity contribution in [2.24, 2.45) is 5.41 Å². The Hall–Kier alpha value is -0.600. The zero-order valence-corrected chi connectivity index (χ0v) is 6.79. The van der Waals surface area contributed by atoms with Crippen LogP contribution in [0.2, 0.25) is 0 Å². The van der Waals surface area contributed by atoms with Gasteiger partial charge in [0.25, 0.3) is 0 Å². The predicted molar refractivity (Wildman–Crippen MR) is 44.3 cm³/mol. The Morgan fingerprint density at radius 3 is 2.45 bits per heavy atom. The van der Waals surface area contributed by atoms with Crippen molar-refractivity contribution in [1.82, 2.24) is 0 Å². The van der Waals surface area contributed by atoms with Crippen molar-refractivity contribution in [3.63, 3.8) is 0 Å². The van der Waals surface area contributed by atoms with E-state index >= 15 is 0 Å². The highest BCUT2D eigenvalue weighted by Crippen LogP contribution is 2.25. The van der Waals surface area contributed by atoms with Crippen LogP contribution >= 0.6 is 0 Å². The molecule has 11 heavy (non-hydrogen) atoms. The zero-order chi connectivity index (χ0) is 8.16. The summed E-state index contributed by atoms with van der Waals surface area (Å²) < 4.78 is 5.25. The van der Waals surface area contributed by atoms with Gasteiger partial charge in [-0.1, -0.05) is 24.3 Å². The minimum Gasteiger partial charge on any atom is -0.395 e. The molecule has 0 fully saturated rings. The van der Waals surface area contributed by atoms with Gasteiger partial charge in [-0.15, -0.1) is 0 Å². The molecular formula is C9H14O2. The molecule has 0 bridgehead atoms. The average Bonchev–Trinajstić information content (AvgIpc) is 2.50. The van der Waals surface area contributed by atoms with Crippen molar-refractivity contribution >= 4 is 0 Å². The van der Waals surface area contributed by atoms with E-state index in [0.717, 1.165) is 0 Å². The van der Waals surface area contributed by atoms with E-state index in [1.807, 2.05) is 31.2 Å². The third-order valence-electron chi connectivity index (χ3n) is 1.84. The molecule has 0 heterocycles. The lowest BCUT2D eigenvalue weighted by Gasteiger charge is -2.21. The van der Waals surface area contributed by atoms with Gasteiger partial charge in [0.05, 0.1) is 18.6 Å². The first-order chi connectivity index (χ1) is 5.33. The maximum atomic E-state index is 9.06. The summed E-state index contributed by atoms with van der Waals surface area (Å²) in [5.41, 5.74) is -0.240. The first-order valence-electron chi connectivity index (χ1n) is 3.89. The van der Waals surface area contributed by atoms with Gasteiger partial charge in [-0.25, -0.2) is 0 Å². The van der Waals surface area contributed by atoms with Crippen LogP contribution in [0.3, 0.4) is 0 Å². The van der Waals surface area contributed by atoms with E-state index in [1.165, 1.54) is 0 Å². The van der Waals surface area contributed by atoms with Crippen LogP contribution in [0.5, 0.6) is 0 Å². The largest absolute Gasteiger partial charge is 0.395 e. The van der Waals surface area contributed by atoms with E-state index in [9.17, 15) is 0 Å². The van der Waals surface area contributed by atoms with E-state index in [-0.39, 0.29) is 12.0 Å². The second kappa shape index (κ2) is 3.69. The van der Waals surface area contributed by atoms with Crippen LogP contribution in [-0.4, -0.2) is 24.9 Å². The molecule has 2 nitrogen and oxygen atoms in total. The Morgan fingerprint density at radius 1 is 1.36 bits per heavy atom. The fraction of sp³-hybridized carbons (Fsp3) is 0.556. The highest BCUT2D eigenvalue weighted by Gasteiger charge is 2.24. The molecule has 2 heteroatoms. The Bertz CT molecular complexity index is 158. The highest BCUT2D eigenvalue weighted by molar-refractivity contribution is 5.25. The first kappa shape index (κ1) is 8.50. The number of allylic oxidation sites excluding steroid dienone is 2. The minimum atomic E-state index is -0.240. The summed E-state index contributed by atoms with van der Waals surface area (Å²) in [5, 5.41) is 9.06. The smallest absolute Gasteiger partial charge is 0.0614 e. The average molecular weight is 154 g/mol. The number of aliphatic hydroxyl groups excluding tert-OH is 1. The summed E-state index contributed by atoms with van der Waals surface area (Å²) >= 11 is 0. The van der Waals surface area contributed by atoms with Crippen LogP contribution in [-0.2, 0) is 4.74 Å². The maximum Gasteiger partial charge on any atom is 0.0614 e. The van der Waals surface area contributed by atoms with Gasteiger partial charge in [0.2, 0.25) is 0 Å². The molecule has 0 unspecified atom stereocenters. The molecule has 0 amide bonds. The molecule has 0 aromatic rings. The zero-order valence-electron chi connectivity index (χ0n) is 6.79. The number of hydrogen-bond donors (Lipinski definition) is 1. The Balaban J connectivity index is 2.47. The van der Waals surface area contributed by atoms with E-state index in [2.05, 4.69) is 0 Å². The van der Waals surface area contributed by atoms with E-state index < -0.39 is 0 Å². The summed E-state index contributed by atoms with van der Waals surface area (Å²) in [6.07, 6.45) is 7.83. The standard InChI is InChI=1S/C9H14O2/c1-2-11-8-9(7-10)5-3-4-6-9/h3-6,10H,2,7-8H2,1H3. The van der Waals surface area contributed by atoms with Crippen molar-refractivity contribution in [2.75, 3.05) is 19.8 Å². The van der Waals surface area contributed by atoms with Gasteiger partial charge in [-0.3, -0.25) is 0 Å². The maximum absolute atomic E-state index is 9.06. The number of ether oxygens (including phenoxy) is 1. The van der Waals surface area contributed by atoms with E-state index in [0.29, 0.717) is 13.2 Å². The summed E-state index contributed by atoms with van der Waals surface area (Å²) in [6.45, 7) is 3.35. The molecule has 1 aliphatic rings. The molecular weight excluding hydrogens is 140 g/mol. The van der Waals surface area contributed by atoms with Crippen LogP contribution in [0.25, 0.3) is 0 Å². The van der Waals surface area contributed by atoms with E-state index in [1.54, 1.807) is 0 Å². The second-order valence-electron chi connectivity index (χ2n) is 2.75. The molecule has 0 atom stereocenters. The lowest BCUT2D eigenvalue weighted by molar-refractivity contribution is 0.0664. The fourth-order valence-corrected chi connectivity index (χ4v) is 1.09. The molecule has 1 N–H and O–H groups in total. The molecule has 1 aliphatic carbocycles. The Labute approximate surface area is 67.2 Å². The summed E-state index contributed by atoms with van der Waals surface area (Å²) in [4.78, 5) is 0. The van der Waals surface area contributed by atoms with Crippen LogP contribution in [0.15, 0.2) is 24.3 Å². The SMILES string of the molecule is CCOCC1(CO)C=CC=C1. The molecule has 0 saturated carbocycles. The minimum absolute atomic E-state index is 0.125. The molecule has 0 saturated heterocycles. The van der Waals surface area contributed by atoms with E-state index in [4.69, 9.17) is 9.84 Å². The molecule has 0 aromatic heterocycles. The molecule has 0 aromatic carbocycles. The van der Waals surface area contributed by atoms with Gasteiger partial charge in [-0.05, 0) is 6.92 Å². The fourth-order valence-electron chi connectivity index (χ4n) is 1.09. The Morgan fingerprint density at radius 2 is 2.00 bits per heavy atom. The van der Waals surface area contributed by atoms with Crippen LogP contribution in [0.1, 0.15) is 6.92 Å². The van der Waals surface area contributed by atoms with Gasteiger partial charge in [0.15, 0.2) is 0 Å². The lowest BCUT2D eigenvalue weighted by Crippen LogP contribution is -2.25. The van der Waals surface area contributed by atoms with Crippen molar-refractivity contribution in [1.29, 1.82) is 0 Å². The van der Waals surface area contributed by atoms with Crippen molar-refractivity contribution in [3.8, 4) is 0 Å². The predicted octanol–water partition coefficient (Wildman–Crippen LogP) is 1.13. The third kappa shape index (κ3) is 1.91. The van der Waals surface area contributed by atoms with Gasteiger partial charge < -0.3 is 9.84 Å². The molecule has 0 spiro atoms. The van der Waals surface area contributed by atoms with Gasteiger partial charge in [0, 0.05) is 6.61 Å². The lowest BCUT2D eigenvalue weighted by atomic mass is 9.93. The normalized spacial score (nSPS) is 19.5. The van der Waals surface area contributed by atoms with Crippen LogP contribution in [0, 0.1) is 5.41 Å². The molecule has 62 valence electrons.